The average Bonchev–Trinajstić information content (AvgIpc) is 2.73. The number of aryl methyl sites for hydroxylation is 2. The average molecular weight is 384 g/mol. The first kappa shape index (κ1) is 18.6. The van der Waals surface area contributed by atoms with Gasteiger partial charge in [0.25, 0.3) is 0 Å². The second-order valence-electron chi connectivity index (χ2n) is 6.75. The molecule has 2 aromatic carbocycles. The van der Waals surface area contributed by atoms with Crippen molar-refractivity contribution in [3.05, 3.63) is 94.0 Å². The molecular formula is C23H20N4O2. The number of hydrogen-bond donors (Lipinski definition) is 1. The van der Waals surface area contributed by atoms with E-state index in [-0.39, 0.29) is 0 Å². The number of benzene rings is 2. The van der Waals surface area contributed by atoms with Crippen LogP contribution in [-0.2, 0) is 6.61 Å². The van der Waals surface area contributed by atoms with Crippen molar-refractivity contribution in [1.82, 2.24) is 19.9 Å². The van der Waals surface area contributed by atoms with Crippen LogP contribution in [0.5, 0.6) is 5.88 Å². The predicted molar refractivity (Wildman–Crippen MR) is 112 cm³/mol. The molecule has 29 heavy (non-hydrogen) atoms. The van der Waals surface area contributed by atoms with Gasteiger partial charge in [-0.05, 0) is 36.6 Å². The fourth-order valence-electron chi connectivity index (χ4n) is 3.15. The van der Waals surface area contributed by atoms with Crippen LogP contribution >= 0.6 is 0 Å². The number of H-pyrrole nitrogens is 1. The Morgan fingerprint density at radius 3 is 2.34 bits per heavy atom. The lowest BCUT2D eigenvalue weighted by Gasteiger charge is -2.10. The van der Waals surface area contributed by atoms with Gasteiger partial charge in [-0.2, -0.15) is 4.98 Å². The van der Waals surface area contributed by atoms with Gasteiger partial charge < -0.3 is 4.74 Å². The van der Waals surface area contributed by atoms with Gasteiger partial charge in [-0.15, -0.1) is 0 Å². The number of aromatic amines is 1. The summed E-state index contributed by atoms with van der Waals surface area (Å²) in [4.78, 5) is 27.8. The van der Waals surface area contributed by atoms with Crippen molar-refractivity contribution >= 4 is 0 Å². The molecule has 0 saturated carbocycles. The largest absolute Gasteiger partial charge is 0.473 e. The van der Waals surface area contributed by atoms with Crippen molar-refractivity contribution in [1.29, 1.82) is 0 Å². The van der Waals surface area contributed by atoms with E-state index in [1.165, 1.54) is 0 Å². The lowest BCUT2D eigenvalue weighted by atomic mass is 10.0. The summed E-state index contributed by atoms with van der Waals surface area (Å²) >= 11 is 0. The Labute approximate surface area is 168 Å². The summed E-state index contributed by atoms with van der Waals surface area (Å²) in [5.74, 6) is 1.32. The molecule has 4 aromatic rings. The maximum absolute atomic E-state index is 12.2. The van der Waals surface area contributed by atoms with E-state index >= 15 is 0 Å². The zero-order valence-electron chi connectivity index (χ0n) is 16.2. The summed E-state index contributed by atoms with van der Waals surface area (Å²) in [5, 5.41) is 0. The van der Waals surface area contributed by atoms with Gasteiger partial charge in [0.15, 0.2) is 5.82 Å². The molecule has 6 nitrogen and oxygen atoms in total. The van der Waals surface area contributed by atoms with Crippen molar-refractivity contribution < 1.29 is 4.74 Å². The van der Waals surface area contributed by atoms with Crippen molar-refractivity contribution in [2.75, 3.05) is 0 Å². The molecule has 0 amide bonds. The first-order valence-electron chi connectivity index (χ1n) is 9.28. The summed E-state index contributed by atoms with van der Waals surface area (Å²) in [7, 11) is 0. The molecule has 0 saturated heterocycles. The maximum Gasteiger partial charge on any atom is 0.348 e. The molecule has 0 aliphatic heterocycles. The van der Waals surface area contributed by atoms with E-state index in [9.17, 15) is 4.79 Å². The SMILES string of the molecule is Cc1cccc(C)c1-c1nc(-c2ccc(OCc3ccccc3)nc2)nc(=O)[nH]1. The fraction of sp³-hybridized carbons (Fsp3) is 0.130. The van der Waals surface area contributed by atoms with Crippen LogP contribution in [0.1, 0.15) is 16.7 Å². The van der Waals surface area contributed by atoms with E-state index in [0.717, 1.165) is 22.3 Å². The van der Waals surface area contributed by atoms with Gasteiger partial charge >= 0.3 is 5.69 Å². The number of pyridine rings is 1. The fourth-order valence-corrected chi connectivity index (χ4v) is 3.15. The van der Waals surface area contributed by atoms with Gasteiger partial charge in [0.2, 0.25) is 5.88 Å². The monoisotopic (exact) mass is 384 g/mol. The lowest BCUT2D eigenvalue weighted by Crippen LogP contribution is -2.15. The molecule has 0 spiro atoms. The van der Waals surface area contributed by atoms with Gasteiger partial charge in [-0.25, -0.2) is 14.8 Å². The molecule has 0 bridgehead atoms. The highest BCUT2D eigenvalue weighted by Gasteiger charge is 2.12. The summed E-state index contributed by atoms with van der Waals surface area (Å²) in [6, 6.07) is 19.4. The Balaban J connectivity index is 1.60. The smallest absolute Gasteiger partial charge is 0.348 e. The molecule has 0 atom stereocenters. The van der Waals surface area contributed by atoms with Crippen LogP contribution in [0.2, 0.25) is 0 Å². The molecule has 0 aliphatic carbocycles. The van der Waals surface area contributed by atoms with Crippen LogP contribution < -0.4 is 10.4 Å². The van der Waals surface area contributed by atoms with Gasteiger partial charge in [0.1, 0.15) is 12.4 Å². The molecular weight excluding hydrogens is 364 g/mol. The molecule has 0 aliphatic rings. The van der Waals surface area contributed by atoms with Crippen LogP contribution in [0.25, 0.3) is 22.8 Å². The second-order valence-corrected chi connectivity index (χ2v) is 6.75. The number of hydrogen-bond acceptors (Lipinski definition) is 5. The molecule has 0 fully saturated rings. The Bertz CT molecular complexity index is 1170. The predicted octanol–water partition coefficient (Wildman–Crippen LogP) is 4.09. The number of nitrogens with one attached hydrogen (secondary N) is 1. The van der Waals surface area contributed by atoms with Gasteiger partial charge in [0, 0.05) is 23.4 Å². The lowest BCUT2D eigenvalue weighted by molar-refractivity contribution is 0.294. The van der Waals surface area contributed by atoms with E-state index in [1.54, 1.807) is 18.3 Å². The van der Waals surface area contributed by atoms with Crippen LogP contribution in [-0.4, -0.2) is 19.9 Å². The van der Waals surface area contributed by atoms with E-state index in [4.69, 9.17) is 4.74 Å². The van der Waals surface area contributed by atoms with E-state index < -0.39 is 5.69 Å². The Kier molecular flexibility index (Phi) is 5.16. The van der Waals surface area contributed by atoms with Gasteiger partial charge in [-0.1, -0.05) is 48.5 Å². The number of nitrogens with zero attached hydrogens (tertiary/aromatic N) is 3. The van der Waals surface area contributed by atoms with Crippen LogP contribution in [0.4, 0.5) is 0 Å². The summed E-state index contributed by atoms with van der Waals surface area (Å²) < 4.78 is 5.71. The first-order chi connectivity index (χ1) is 14.1. The van der Waals surface area contributed by atoms with Gasteiger partial charge in [0.05, 0.1) is 0 Å². The molecule has 4 rings (SSSR count). The highest BCUT2D eigenvalue weighted by molar-refractivity contribution is 5.66. The molecule has 6 heteroatoms. The third kappa shape index (κ3) is 4.21. The highest BCUT2D eigenvalue weighted by atomic mass is 16.5. The van der Waals surface area contributed by atoms with Crippen molar-refractivity contribution in [3.63, 3.8) is 0 Å². The van der Waals surface area contributed by atoms with Gasteiger partial charge in [-0.3, -0.25) is 4.98 Å². The summed E-state index contributed by atoms with van der Waals surface area (Å²) in [6.07, 6.45) is 1.61. The van der Waals surface area contributed by atoms with Crippen LogP contribution in [0.15, 0.2) is 71.7 Å². The first-order valence-corrected chi connectivity index (χ1v) is 9.28. The molecule has 0 radical (unpaired) electrons. The molecule has 1 N–H and O–H groups in total. The third-order valence-electron chi connectivity index (χ3n) is 4.59. The Morgan fingerprint density at radius 2 is 1.66 bits per heavy atom. The quantitative estimate of drug-likeness (QED) is 0.560. The van der Waals surface area contributed by atoms with Crippen molar-refractivity contribution in [3.8, 4) is 28.7 Å². The van der Waals surface area contributed by atoms with Crippen LogP contribution in [0, 0.1) is 13.8 Å². The zero-order valence-corrected chi connectivity index (χ0v) is 16.2. The number of aromatic nitrogens is 4. The van der Waals surface area contributed by atoms with Crippen LogP contribution in [0.3, 0.4) is 0 Å². The highest BCUT2D eigenvalue weighted by Crippen LogP contribution is 2.25. The van der Waals surface area contributed by atoms with Crippen molar-refractivity contribution in [2.24, 2.45) is 0 Å². The topological polar surface area (TPSA) is 80.8 Å². The van der Waals surface area contributed by atoms with Crippen molar-refractivity contribution in [2.45, 2.75) is 20.5 Å². The molecule has 144 valence electrons. The Morgan fingerprint density at radius 1 is 0.897 bits per heavy atom. The number of rotatable bonds is 5. The molecule has 2 aromatic heterocycles. The van der Waals surface area contributed by atoms with E-state index in [1.807, 2.05) is 62.4 Å². The normalized spacial score (nSPS) is 10.7. The zero-order chi connectivity index (χ0) is 20.2. The maximum atomic E-state index is 12.2. The minimum absolute atomic E-state index is 0.327. The summed E-state index contributed by atoms with van der Waals surface area (Å²) in [6.45, 7) is 4.41. The minimum atomic E-state index is -0.447. The number of ether oxygens (including phenoxy) is 1. The van der Waals surface area contributed by atoms with E-state index in [0.29, 0.717) is 29.7 Å². The Hall–Kier alpha value is -3.80. The van der Waals surface area contributed by atoms with E-state index in [2.05, 4.69) is 19.9 Å². The summed E-state index contributed by atoms with van der Waals surface area (Å²) in [5.41, 5.74) is 4.24. The molecule has 2 heterocycles. The minimum Gasteiger partial charge on any atom is -0.473 e. The standard InChI is InChI=1S/C23H20N4O2/c1-15-7-6-8-16(2)20(15)22-25-21(26-23(28)27-22)18-11-12-19(24-13-18)29-14-17-9-4-3-5-10-17/h3-13H,14H2,1-2H3,(H,25,26,27,28). The molecule has 0 unspecified atom stereocenters. The third-order valence-corrected chi connectivity index (χ3v) is 4.59. The second kappa shape index (κ2) is 8.06.